The summed E-state index contributed by atoms with van der Waals surface area (Å²) < 4.78 is 5.11. The van der Waals surface area contributed by atoms with Gasteiger partial charge in [-0.15, -0.1) is 4.91 Å². The van der Waals surface area contributed by atoms with Crippen LogP contribution in [-0.4, -0.2) is 12.1 Å². The van der Waals surface area contributed by atoms with Crippen molar-refractivity contribution >= 4 is 16.6 Å². The van der Waals surface area contributed by atoms with E-state index < -0.39 is 0 Å². The van der Waals surface area contributed by atoms with Crippen molar-refractivity contribution in [2.75, 3.05) is 7.11 Å². The van der Waals surface area contributed by atoms with Gasteiger partial charge in [-0.25, -0.2) is 0 Å². The first-order valence-corrected chi connectivity index (χ1v) is 3.84. The van der Waals surface area contributed by atoms with Crippen LogP contribution in [0.5, 0.6) is 5.75 Å². The van der Waals surface area contributed by atoms with Gasteiger partial charge in [-0.3, -0.25) is 0 Å². The molecule has 4 nitrogen and oxygen atoms in total. The zero-order valence-electron chi connectivity index (χ0n) is 7.07. The third-order valence-electron chi connectivity index (χ3n) is 1.98. The van der Waals surface area contributed by atoms with Crippen molar-refractivity contribution in [1.82, 2.24) is 4.98 Å². The lowest BCUT2D eigenvalue weighted by Crippen LogP contribution is -1.83. The summed E-state index contributed by atoms with van der Waals surface area (Å²) in [4.78, 5) is 13.4. The highest BCUT2D eigenvalue weighted by Gasteiger charge is 2.06. The molecule has 0 aliphatic carbocycles. The van der Waals surface area contributed by atoms with Gasteiger partial charge in [-0.05, 0) is 23.4 Å². The zero-order valence-corrected chi connectivity index (χ0v) is 7.07. The molecule has 0 bridgehead atoms. The fourth-order valence-electron chi connectivity index (χ4n) is 1.36. The molecule has 0 fully saturated rings. The number of hydrogen-bond donors (Lipinski definition) is 1. The lowest BCUT2D eigenvalue weighted by atomic mass is 10.2. The number of nitroso groups, excluding NO2 is 1. The molecule has 0 saturated carbocycles. The minimum Gasteiger partial charge on any atom is -0.495 e. The number of H-pyrrole nitrogens is 1. The number of hydrogen-bond acceptors (Lipinski definition) is 3. The molecule has 0 unspecified atom stereocenters. The lowest BCUT2D eigenvalue weighted by molar-refractivity contribution is 0.419. The third kappa shape index (κ3) is 1.07. The minimum atomic E-state index is 0.428. The molecule has 0 radical (unpaired) electrons. The summed E-state index contributed by atoms with van der Waals surface area (Å²) in [6, 6.07) is 5.16. The van der Waals surface area contributed by atoms with Gasteiger partial charge < -0.3 is 9.72 Å². The number of rotatable bonds is 2. The van der Waals surface area contributed by atoms with Crippen molar-refractivity contribution in [2.45, 2.75) is 0 Å². The van der Waals surface area contributed by atoms with Crippen LogP contribution in [0.1, 0.15) is 0 Å². The predicted molar refractivity (Wildman–Crippen MR) is 50.3 cm³/mol. The van der Waals surface area contributed by atoms with E-state index in [4.69, 9.17) is 4.74 Å². The number of methoxy groups -OCH3 is 1. The van der Waals surface area contributed by atoms with E-state index >= 15 is 0 Å². The van der Waals surface area contributed by atoms with Gasteiger partial charge >= 0.3 is 0 Å². The van der Waals surface area contributed by atoms with Crippen molar-refractivity contribution in [1.29, 1.82) is 0 Å². The molecule has 1 N–H and O–H groups in total. The van der Waals surface area contributed by atoms with Gasteiger partial charge in [0.05, 0.1) is 12.6 Å². The highest BCUT2D eigenvalue weighted by atomic mass is 16.5. The topological polar surface area (TPSA) is 54.4 Å². The molecule has 1 aromatic heterocycles. The summed E-state index contributed by atoms with van der Waals surface area (Å²) in [6.07, 6.45) is 1.75. The maximum absolute atomic E-state index is 10.4. The zero-order chi connectivity index (χ0) is 9.26. The predicted octanol–water partition coefficient (Wildman–Crippen LogP) is 2.57. The van der Waals surface area contributed by atoms with Gasteiger partial charge in [0.2, 0.25) is 0 Å². The van der Waals surface area contributed by atoms with Crippen LogP contribution in [0.15, 0.2) is 29.6 Å². The second-order valence-corrected chi connectivity index (χ2v) is 2.64. The molecule has 1 heterocycles. The number of aromatic amines is 1. The Morgan fingerprint density at radius 1 is 1.38 bits per heavy atom. The molecule has 0 aliphatic rings. The average Bonchev–Trinajstić information content (AvgIpc) is 2.64. The fraction of sp³-hybridized carbons (Fsp3) is 0.111. The van der Waals surface area contributed by atoms with E-state index in [1.807, 2.05) is 0 Å². The Balaban J connectivity index is 2.81. The van der Waals surface area contributed by atoms with Crippen LogP contribution in [0.2, 0.25) is 0 Å². The van der Waals surface area contributed by atoms with Crippen molar-refractivity contribution in [3.63, 3.8) is 0 Å². The second-order valence-electron chi connectivity index (χ2n) is 2.64. The van der Waals surface area contributed by atoms with Crippen LogP contribution in [-0.2, 0) is 0 Å². The monoisotopic (exact) mass is 176 g/mol. The quantitative estimate of drug-likeness (QED) is 0.715. The molecular weight excluding hydrogens is 168 g/mol. The summed E-state index contributed by atoms with van der Waals surface area (Å²) in [7, 11) is 1.59. The standard InChI is InChI=1S/C9H8N2O2/c1-13-8-3-2-7(11-12)6-4-5-10-9(6)8/h2-5,10H,1H3. The first-order chi connectivity index (χ1) is 6.36. The summed E-state index contributed by atoms with van der Waals surface area (Å²) in [5.41, 5.74) is 1.23. The number of nitrogens with one attached hydrogen (secondary N) is 1. The van der Waals surface area contributed by atoms with Crippen molar-refractivity contribution in [3.05, 3.63) is 29.3 Å². The Bertz CT molecular complexity index is 448. The van der Waals surface area contributed by atoms with Gasteiger partial charge in [0.25, 0.3) is 0 Å². The van der Waals surface area contributed by atoms with Crippen LogP contribution in [0.25, 0.3) is 10.9 Å². The molecule has 66 valence electrons. The van der Waals surface area contributed by atoms with Crippen LogP contribution in [0, 0.1) is 4.91 Å². The molecule has 2 rings (SSSR count). The van der Waals surface area contributed by atoms with Crippen molar-refractivity contribution in [3.8, 4) is 5.75 Å². The summed E-state index contributed by atoms with van der Waals surface area (Å²) in [6.45, 7) is 0. The van der Waals surface area contributed by atoms with E-state index in [0.717, 1.165) is 10.9 Å². The number of nitrogens with zero attached hydrogens (tertiary/aromatic N) is 1. The van der Waals surface area contributed by atoms with E-state index in [-0.39, 0.29) is 0 Å². The molecule has 0 amide bonds. The summed E-state index contributed by atoms with van der Waals surface area (Å²) >= 11 is 0. The van der Waals surface area contributed by atoms with Gasteiger partial charge in [-0.2, -0.15) is 0 Å². The van der Waals surface area contributed by atoms with E-state index in [1.165, 1.54) is 0 Å². The number of aromatic nitrogens is 1. The summed E-state index contributed by atoms with van der Waals surface area (Å²) in [5.74, 6) is 0.715. The van der Waals surface area contributed by atoms with Gasteiger partial charge in [0.1, 0.15) is 11.4 Å². The maximum atomic E-state index is 10.4. The fourth-order valence-corrected chi connectivity index (χ4v) is 1.36. The van der Waals surface area contributed by atoms with Crippen LogP contribution < -0.4 is 4.74 Å². The van der Waals surface area contributed by atoms with Gasteiger partial charge in [0.15, 0.2) is 0 Å². The number of ether oxygens (including phenoxy) is 1. The largest absolute Gasteiger partial charge is 0.495 e. The molecule has 1 aromatic carbocycles. The van der Waals surface area contributed by atoms with E-state index in [1.54, 1.807) is 31.5 Å². The Hall–Kier alpha value is -1.84. The third-order valence-corrected chi connectivity index (χ3v) is 1.98. The van der Waals surface area contributed by atoms with Crippen molar-refractivity contribution < 1.29 is 4.74 Å². The Morgan fingerprint density at radius 3 is 2.92 bits per heavy atom. The average molecular weight is 176 g/mol. The minimum absolute atomic E-state index is 0.428. The first-order valence-electron chi connectivity index (χ1n) is 3.84. The number of benzene rings is 1. The van der Waals surface area contributed by atoms with Gasteiger partial charge in [-0.1, -0.05) is 0 Å². The molecular formula is C9H8N2O2. The van der Waals surface area contributed by atoms with Crippen LogP contribution >= 0.6 is 0 Å². The molecule has 2 aromatic rings. The Labute approximate surface area is 74.5 Å². The Morgan fingerprint density at radius 2 is 2.23 bits per heavy atom. The highest BCUT2D eigenvalue weighted by molar-refractivity contribution is 5.94. The van der Waals surface area contributed by atoms with E-state index in [2.05, 4.69) is 10.2 Å². The second kappa shape index (κ2) is 2.90. The molecule has 4 heteroatoms. The number of fused-ring (bicyclic) bond motifs is 1. The maximum Gasteiger partial charge on any atom is 0.143 e. The SMILES string of the molecule is COc1ccc(N=O)c2cc[nH]c12. The van der Waals surface area contributed by atoms with Crippen LogP contribution in [0.4, 0.5) is 5.69 Å². The molecule has 0 spiro atoms. The molecule has 0 aliphatic heterocycles. The molecule has 13 heavy (non-hydrogen) atoms. The van der Waals surface area contributed by atoms with Gasteiger partial charge in [0, 0.05) is 11.6 Å². The van der Waals surface area contributed by atoms with E-state index in [9.17, 15) is 4.91 Å². The van der Waals surface area contributed by atoms with Crippen molar-refractivity contribution in [2.24, 2.45) is 5.18 Å². The smallest absolute Gasteiger partial charge is 0.143 e. The van der Waals surface area contributed by atoms with E-state index in [0.29, 0.717) is 11.4 Å². The van der Waals surface area contributed by atoms with Crippen LogP contribution in [0.3, 0.4) is 0 Å². The summed E-state index contributed by atoms with van der Waals surface area (Å²) in [5, 5.41) is 3.71. The lowest BCUT2D eigenvalue weighted by Gasteiger charge is -2.01. The highest BCUT2D eigenvalue weighted by Crippen LogP contribution is 2.31. The molecule has 0 saturated heterocycles. The molecule has 0 atom stereocenters. The normalized spacial score (nSPS) is 10.2. The first kappa shape index (κ1) is 7.79. The Kier molecular flexibility index (Phi) is 1.73.